The second-order valence-corrected chi connectivity index (χ2v) is 2.10. The maximum absolute atomic E-state index is 4.15. The molecule has 11 heavy (non-hydrogen) atoms. The fourth-order valence-electron chi connectivity index (χ4n) is 0.756. The fraction of sp³-hybridized carbons (Fsp3) is 0.375. The zero-order valence-electron chi connectivity index (χ0n) is 6.55. The maximum atomic E-state index is 4.15. The summed E-state index contributed by atoms with van der Waals surface area (Å²) in [4.78, 5) is 4.15. The normalized spacial score (nSPS) is 8.82. The molecule has 0 aliphatic carbocycles. The average molecular weight is 172 g/mol. The number of hydrogen-bond acceptors (Lipinski definition) is 2. The van der Waals surface area contributed by atoms with Crippen LogP contribution in [0.25, 0.3) is 0 Å². The molecule has 0 saturated heterocycles. The van der Waals surface area contributed by atoms with E-state index in [0.29, 0.717) is 0 Å². The summed E-state index contributed by atoms with van der Waals surface area (Å²) in [7, 11) is 0. The predicted octanol–water partition coefficient (Wildman–Crippen LogP) is -1.80. The van der Waals surface area contributed by atoms with Crippen LogP contribution in [-0.4, -0.2) is 11.5 Å². The Balaban J connectivity index is 0.000001000. The third-order valence-electron chi connectivity index (χ3n) is 1.28. The number of hydrogen-bond donors (Lipinski definition) is 1. The van der Waals surface area contributed by atoms with Crippen LogP contribution in [0.15, 0.2) is 24.4 Å². The van der Waals surface area contributed by atoms with Gasteiger partial charge in [-0.3, -0.25) is 4.98 Å². The van der Waals surface area contributed by atoms with Crippen LogP contribution in [0.1, 0.15) is 12.6 Å². The quantitative estimate of drug-likeness (QED) is 0.581. The SMILES string of the molecule is CCNCc1ccccn1.[Cl-]. The summed E-state index contributed by atoms with van der Waals surface area (Å²) in [5.41, 5.74) is 1.10. The lowest BCUT2D eigenvalue weighted by Crippen LogP contribution is -3.00. The van der Waals surface area contributed by atoms with Crippen LogP contribution in [0.4, 0.5) is 0 Å². The number of halogens is 1. The molecule has 1 aromatic heterocycles. The highest BCUT2D eigenvalue weighted by atomic mass is 35.5. The maximum Gasteiger partial charge on any atom is 0.0541 e. The minimum atomic E-state index is 0. The summed E-state index contributed by atoms with van der Waals surface area (Å²) in [6.45, 7) is 3.96. The van der Waals surface area contributed by atoms with Gasteiger partial charge in [0.25, 0.3) is 0 Å². The van der Waals surface area contributed by atoms with Gasteiger partial charge in [-0.15, -0.1) is 0 Å². The van der Waals surface area contributed by atoms with Crippen molar-refractivity contribution in [3.8, 4) is 0 Å². The van der Waals surface area contributed by atoms with E-state index in [2.05, 4.69) is 17.2 Å². The Kier molecular flexibility index (Phi) is 5.80. The van der Waals surface area contributed by atoms with Crippen molar-refractivity contribution in [2.45, 2.75) is 13.5 Å². The lowest BCUT2D eigenvalue weighted by molar-refractivity contribution is -0.00000225. The summed E-state index contributed by atoms with van der Waals surface area (Å²) in [6, 6.07) is 5.94. The molecule has 0 unspecified atom stereocenters. The largest absolute Gasteiger partial charge is 1.00 e. The molecular weight excluding hydrogens is 160 g/mol. The Bertz CT molecular complexity index is 177. The molecule has 1 N–H and O–H groups in total. The molecule has 0 bridgehead atoms. The van der Waals surface area contributed by atoms with Crippen molar-refractivity contribution in [3.05, 3.63) is 30.1 Å². The Labute approximate surface area is 73.4 Å². The van der Waals surface area contributed by atoms with Crippen molar-refractivity contribution in [2.24, 2.45) is 0 Å². The third-order valence-corrected chi connectivity index (χ3v) is 1.28. The molecule has 3 heteroatoms. The van der Waals surface area contributed by atoms with Gasteiger partial charge in [0.05, 0.1) is 5.69 Å². The van der Waals surface area contributed by atoms with E-state index in [1.54, 1.807) is 0 Å². The van der Waals surface area contributed by atoms with Crippen LogP contribution in [-0.2, 0) is 6.54 Å². The monoisotopic (exact) mass is 171 g/mol. The molecule has 2 nitrogen and oxygen atoms in total. The van der Waals surface area contributed by atoms with Crippen LogP contribution in [0.2, 0.25) is 0 Å². The molecule has 1 heterocycles. The molecule has 1 aromatic rings. The minimum Gasteiger partial charge on any atom is -1.00 e. The zero-order valence-corrected chi connectivity index (χ0v) is 7.30. The van der Waals surface area contributed by atoms with E-state index in [1.807, 2.05) is 24.4 Å². The molecule has 0 saturated carbocycles. The van der Waals surface area contributed by atoms with Gasteiger partial charge in [0, 0.05) is 12.7 Å². The molecule has 0 atom stereocenters. The van der Waals surface area contributed by atoms with Gasteiger partial charge in [-0.05, 0) is 18.7 Å². The number of nitrogens with zero attached hydrogens (tertiary/aromatic N) is 1. The number of pyridine rings is 1. The Morgan fingerprint density at radius 1 is 1.45 bits per heavy atom. The van der Waals surface area contributed by atoms with Gasteiger partial charge in [-0.2, -0.15) is 0 Å². The van der Waals surface area contributed by atoms with Crippen LogP contribution in [0, 0.1) is 0 Å². The van der Waals surface area contributed by atoms with E-state index in [0.717, 1.165) is 18.8 Å². The average Bonchev–Trinajstić information content (AvgIpc) is 2.03. The lowest BCUT2D eigenvalue weighted by Gasteiger charge is -1.98. The summed E-state index contributed by atoms with van der Waals surface area (Å²) in [6.07, 6.45) is 1.81. The highest BCUT2D eigenvalue weighted by Crippen LogP contribution is 1.90. The first kappa shape index (κ1) is 10.4. The third kappa shape index (κ3) is 3.96. The first-order valence-electron chi connectivity index (χ1n) is 3.54. The molecule has 1 rings (SSSR count). The van der Waals surface area contributed by atoms with Crippen LogP contribution in [0.5, 0.6) is 0 Å². The van der Waals surface area contributed by atoms with Crippen molar-refractivity contribution < 1.29 is 12.4 Å². The number of nitrogens with one attached hydrogen (secondary N) is 1. The molecule has 0 spiro atoms. The van der Waals surface area contributed by atoms with Crippen molar-refractivity contribution in [1.29, 1.82) is 0 Å². The molecule has 0 aliphatic rings. The molecule has 62 valence electrons. The van der Waals surface area contributed by atoms with E-state index >= 15 is 0 Å². The highest BCUT2D eigenvalue weighted by molar-refractivity contribution is 5.02. The van der Waals surface area contributed by atoms with Gasteiger partial charge in [0.1, 0.15) is 0 Å². The Morgan fingerprint density at radius 2 is 2.27 bits per heavy atom. The summed E-state index contributed by atoms with van der Waals surface area (Å²) >= 11 is 0. The topological polar surface area (TPSA) is 24.9 Å². The molecule has 0 amide bonds. The van der Waals surface area contributed by atoms with Crippen LogP contribution in [0.3, 0.4) is 0 Å². The molecule has 0 aliphatic heterocycles. The molecule has 0 radical (unpaired) electrons. The first-order valence-corrected chi connectivity index (χ1v) is 3.54. The summed E-state index contributed by atoms with van der Waals surface area (Å²) in [5, 5.41) is 3.20. The molecule has 0 aromatic carbocycles. The van der Waals surface area contributed by atoms with Crippen molar-refractivity contribution in [1.82, 2.24) is 10.3 Å². The van der Waals surface area contributed by atoms with Gasteiger partial charge in [-0.1, -0.05) is 13.0 Å². The van der Waals surface area contributed by atoms with E-state index in [9.17, 15) is 0 Å². The van der Waals surface area contributed by atoms with E-state index < -0.39 is 0 Å². The van der Waals surface area contributed by atoms with Crippen molar-refractivity contribution in [2.75, 3.05) is 6.54 Å². The van der Waals surface area contributed by atoms with Crippen LogP contribution >= 0.6 is 0 Å². The van der Waals surface area contributed by atoms with Crippen LogP contribution < -0.4 is 17.7 Å². The summed E-state index contributed by atoms with van der Waals surface area (Å²) in [5.74, 6) is 0. The van der Waals surface area contributed by atoms with E-state index in [-0.39, 0.29) is 12.4 Å². The Hall–Kier alpha value is -0.600. The van der Waals surface area contributed by atoms with Gasteiger partial charge in [0.2, 0.25) is 0 Å². The first-order chi connectivity index (χ1) is 4.93. The van der Waals surface area contributed by atoms with Gasteiger partial charge in [-0.25, -0.2) is 0 Å². The second kappa shape index (κ2) is 6.13. The van der Waals surface area contributed by atoms with Gasteiger partial charge < -0.3 is 17.7 Å². The van der Waals surface area contributed by atoms with Gasteiger partial charge >= 0.3 is 0 Å². The highest BCUT2D eigenvalue weighted by Gasteiger charge is 1.87. The lowest BCUT2D eigenvalue weighted by atomic mass is 10.3. The van der Waals surface area contributed by atoms with Crippen molar-refractivity contribution in [3.63, 3.8) is 0 Å². The van der Waals surface area contributed by atoms with E-state index in [1.165, 1.54) is 0 Å². The van der Waals surface area contributed by atoms with Gasteiger partial charge in [0.15, 0.2) is 0 Å². The number of aromatic nitrogens is 1. The smallest absolute Gasteiger partial charge is 0.0541 e. The second-order valence-electron chi connectivity index (χ2n) is 2.10. The predicted molar refractivity (Wildman–Crippen MR) is 41.6 cm³/mol. The minimum absolute atomic E-state index is 0. The summed E-state index contributed by atoms with van der Waals surface area (Å²) < 4.78 is 0. The Morgan fingerprint density at radius 3 is 2.82 bits per heavy atom. The molecular formula is C8H12ClN2-. The standard InChI is InChI=1S/C8H12N2.ClH/c1-2-9-7-8-5-3-4-6-10-8;/h3-6,9H,2,7H2,1H3;1H/p-1. The van der Waals surface area contributed by atoms with Crippen molar-refractivity contribution >= 4 is 0 Å². The molecule has 0 fully saturated rings. The van der Waals surface area contributed by atoms with E-state index in [4.69, 9.17) is 0 Å². The number of rotatable bonds is 3. The zero-order chi connectivity index (χ0) is 7.23. The fourth-order valence-corrected chi connectivity index (χ4v) is 0.756.